The van der Waals surface area contributed by atoms with E-state index in [-0.39, 0.29) is 17.3 Å². The highest BCUT2D eigenvalue weighted by atomic mass is 16.7. The molecule has 2 fully saturated rings. The predicted octanol–water partition coefficient (Wildman–Crippen LogP) is 1.97. The Morgan fingerprint density at radius 1 is 1.33 bits per heavy atom. The van der Waals surface area contributed by atoms with Crippen LogP contribution in [-0.4, -0.2) is 54.2 Å². The minimum atomic E-state index is -1.22. The van der Waals surface area contributed by atoms with E-state index in [9.17, 15) is 19.2 Å². The van der Waals surface area contributed by atoms with Crippen LogP contribution in [0.5, 0.6) is 0 Å². The highest BCUT2D eigenvalue weighted by Crippen LogP contribution is 2.41. The summed E-state index contributed by atoms with van der Waals surface area (Å²) in [5.41, 5.74) is 0.0297. The summed E-state index contributed by atoms with van der Waals surface area (Å²) in [4.78, 5) is 48.9. The Morgan fingerprint density at radius 3 is 2.57 bits per heavy atom. The molecule has 30 heavy (non-hydrogen) atoms. The van der Waals surface area contributed by atoms with Crippen molar-refractivity contribution >= 4 is 24.2 Å². The molecule has 3 rings (SSSR count). The lowest BCUT2D eigenvalue weighted by Crippen LogP contribution is -2.47. The minimum absolute atomic E-state index is 0.0831. The van der Waals surface area contributed by atoms with Gasteiger partial charge in [-0.3, -0.25) is 9.59 Å². The number of esters is 3. The van der Waals surface area contributed by atoms with Crippen LogP contribution in [0.3, 0.4) is 0 Å². The largest absolute Gasteiger partial charge is 0.455 e. The molecule has 2 saturated heterocycles. The third kappa shape index (κ3) is 4.09. The van der Waals surface area contributed by atoms with Crippen molar-refractivity contribution in [3.63, 3.8) is 0 Å². The molecule has 162 valence electrons. The van der Waals surface area contributed by atoms with Crippen molar-refractivity contribution in [3.05, 3.63) is 35.5 Å². The van der Waals surface area contributed by atoms with Crippen LogP contribution in [0, 0.1) is 5.92 Å². The van der Waals surface area contributed by atoms with E-state index < -0.39 is 47.7 Å². The van der Waals surface area contributed by atoms with Gasteiger partial charge in [0.15, 0.2) is 17.8 Å². The monoisotopic (exact) mass is 418 g/mol. The van der Waals surface area contributed by atoms with E-state index in [0.717, 1.165) is 5.57 Å². The molecule has 0 saturated carbocycles. The molecule has 6 atom stereocenters. The summed E-state index contributed by atoms with van der Waals surface area (Å²) in [6.07, 6.45) is 1.59. The van der Waals surface area contributed by atoms with Crippen molar-refractivity contribution in [3.8, 4) is 0 Å². The Hall–Kier alpha value is -2.74. The lowest BCUT2D eigenvalue weighted by molar-refractivity contribution is -0.172. The molecule has 0 N–H and O–H groups in total. The van der Waals surface area contributed by atoms with Gasteiger partial charge in [-0.1, -0.05) is 18.2 Å². The number of aldehydes is 1. The Kier molecular flexibility index (Phi) is 5.99. The number of ether oxygens (including phenoxy) is 4. The number of fused-ring (bicyclic) bond motifs is 1. The fraction of sp³-hybridized carbons (Fsp3) is 0.545. The van der Waals surface area contributed by atoms with Gasteiger partial charge in [0.05, 0.1) is 12.0 Å². The van der Waals surface area contributed by atoms with Gasteiger partial charge in [-0.15, -0.1) is 0 Å². The summed E-state index contributed by atoms with van der Waals surface area (Å²) in [7, 11) is 0. The van der Waals surface area contributed by atoms with Crippen molar-refractivity contribution in [2.75, 3.05) is 0 Å². The summed E-state index contributed by atoms with van der Waals surface area (Å²) >= 11 is 0. The first-order valence-electron chi connectivity index (χ1n) is 9.87. The second-order valence-electron chi connectivity index (χ2n) is 8.06. The smallest absolute Gasteiger partial charge is 0.341 e. The molecule has 0 aromatic carbocycles. The number of hydrogen-bond donors (Lipinski definition) is 0. The molecule has 0 spiro atoms. The fourth-order valence-electron chi connectivity index (χ4n) is 3.81. The molecular weight excluding hydrogens is 392 g/mol. The molecule has 2 heterocycles. The average Bonchev–Trinajstić information content (AvgIpc) is 3.20. The SMILES string of the molecule is C=C1C(=O)O[C@@H]2/C=C(\C)CC/C=C(/C=O)[C@@H](OC(C)=O)[C@H](OC(=O)[C@@]3(C)O[C@H]3C)[C@H]12. The van der Waals surface area contributed by atoms with Crippen LogP contribution in [0.4, 0.5) is 0 Å². The Balaban J connectivity index is 2.09. The van der Waals surface area contributed by atoms with Gasteiger partial charge in [-0.2, -0.15) is 0 Å². The lowest BCUT2D eigenvalue weighted by Gasteiger charge is -2.33. The van der Waals surface area contributed by atoms with Crippen LogP contribution in [-0.2, 0) is 38.1 Å². The number of rotatable bonds is 4. The molecule has 3 aliphatic rings. The number of carbonyl (C=O) groups is 4. The van der Waals surface area contributed by atoms with E-state index in [2.05, 4.69) is 6.58 Å². The maximum Gasteiger partial charge on any atom is 0.341 e. The average molecular weight is 418 g/mol. The Bertz CT molecular complexity index is 853. The maximum absolute atomic E-state index is 12.9. The molecule has 0 unspecified atom stereocenters. The zero-order chi connectivity index (χ0) is 22.2. The van der Waals surface area contributed by atoms with Gasteiger partial charge in [0.1, 0.15) is 12.4 Å². The van der Waals surface area contributed by atoms with Gasteiger partial charge in [-0.25, -0.2) is 9.59 Å². The van der Waals surface area contributed by atoms with Crippen LogP contribution in [0.2, 0.25) is 0 Å². The van der Waals surface area contributed by atoms with Gasteiger partial charge in [0.25, 0.3) is 0 Å². The van der Waals surface area contributed by atoms with Gasteiger partial charge in [-0.05, 0) is 39.7 Å². The number of carbonyl (C=O) groups excluding carboxylic acids is 4. The zero-order valence-electron chi connectivity index (χ0n) is 17.5. The van der Waals surface area contributed by atoms with Crippen LogP contribution in [0.1, 0.15) is 40.5 Å². The van der Waals surface area contributed by atoms with E-state index in [4.69, 9.17) is 18.9 Å². The summed E-state index contributed by atoms with van der Waals surface area (Å²) in [6, 6.07) is 0. The number of epoxide rings is 1. The van der Waals surface area contributed by atoms with E-state index in [1.54, 1.807) is 26.0 Å². The number of hydrogen-bond acceptors (Lipinski definition) is 8. The highest BCUT2D eigenvalue weighted by Gasteiger charge is 2.59. The van der Waals surface area contributed by atoms with E-state index in [0.29, 0.717) is 19.1 Å². The molecule has 8 nitrogen and oxygen atoms in total. The first-order valence-corrected chi connectivity index (χ1v) is 9.87. The number of allylic oxidation sites excluding steroid dienone is 2. The maximum atomic E-state index is 12.9. The van der Waals surface area contributed by atoms with Crippen molar-refractivity contribution in [1.29, 1.82) is 0 Å². The molecule has 2 aliphatic heterocycles. The topological polar surface area (TPSA) is 109 Å². The first-order chi connectivity index (χ1) is 14.1. The van der Waals surface area contributed by atoms with Crippen LogP contribution < -0.4 is 0 Å². The lowest BCUT2D eigenvalue weighted by atomic mass is 9.83. The summed E-state index contributed by atoms with van der Waals surface area (Å²) in [5, 5.41) is 0. The fourth-order valence-corrected chi connectivity index (χ4v) is 3.81. The van der Waals surface area contributed by atoms with Crippen LogP contribution in [0.25, 0.3) is 0 Å². The van der Waals surface area contributed by atoms with Crippen LogP contribution >= 0.6 is 0 Å². The highest BCUT2D eigenvalue weighted by molar-refractivity contribution is 5.92. The Labute approximate surface area is 174 Å². The molecule has 8 heteroatoms. The molecular formula is C22H26O8. The van der Waals surface area contributed by atoms with Crippen molar-refractivity contribution in [1.82, 2.24) is 0 Å². The summed E-state index contributed by atoms with van der Waals surface area (Å²) in [6.45, 7) is 10.2. The molecule has 0 aromatic heterocycles. The van der Waals surface area contributed by atoms with E-state index >= 15 is 0 Å². The predicted molar refractivity (Wildman–Crippen MR) is 104 cm³/mol. The van der Waals surface area contributed by atoms with Crippen LogP contribution in [0.15, 0.2) is 35.5 Å². The molecule has 0 radical (unpaired) electrons. The first kappa shape index (κ1) is 22.0. The van der Waals surface area contributed by atoms with Gasteiger partial charge >= 0.3 is 17.9 Å². The second-order valence-corrected chi connectivity index (χ2v) is 8.06. The normalized spacial score (nSPS) is 39.4. The van der Waals surface area contributed by atoms with Crippen molar-refractivity contribution in [2.24, 2.45) is 5.92 Å². The minimum Gasteiger partial charge on any atom is -0.455 e. The third-order valence-electron chi connectivity index (χ3n) is 5.83. The molecule has 0 amide bonds. The van der Waals surface area contributed by atoms with Gasteiger partial charge < -0.3 is 18.9 Å². The third-order valence-corrected chi connectivity index (χ3v) is 5.83. The Morgan fingerprint density at radius 2 is 2.00 bits per heavy atom. The second kappa shape index (κ2) is 8.18. The van der Waals surface area contributed by atoms with Gasteiger partial charge in [0.2, 0.25) is 0 Å². The van der Waals surface area contributed by atoms with E-state index in [1.165, 1.54) is 6.92 Å². The molecule has 0 aromatic rings. The van der Waals surface area contributed by atoms with Crippen molar-refractivity contribution in [2.45, 2.75) is 70.6 Å². The van der Waals surface area contributed by atoms with Gasteiger partial charge in [0, 0.05) is 18.1 Å². The van der Waals surface area contributed by atoms with E-state index in [1.807, 2.05) is 6.92 Å². The summed E-state index contributed by atoms with van der Waals surface area (Å²) < 4.78 is 22.0. The molecule has 0 bridgehead atoms. The van der Waals surface area contributed by atoms with Crippen molar-refractivity contribution < 1.29 is 38.1 Å². The quantitative estimate of drug-likeness (QED) is 0.170. The zero-order valence-corrected chi connectivity index (χ0v) is 17.5. The molecule has 1 aliphatic carbocycles. The standard InChI is InChI=1S/C22H26O8/c1-11-7-6-8-15(10-23)18(27-14(4)24)19(29-21(26)22(5)13(3)30-22)17-12(2)20(25)28-16(17)9-11/h8-10,13,16-19H,2,6-7H2,1,3-5H3/b11-9+,15-8-/t13-,16+,17+,18+,19+,22-/m0/s1. The summed E-state index contributed by atoms with van der Waals surface area (Å²) in [5.74, 6) is -2.80.